The van der Waals surface area contributed by atoms with Gasteiger partial charge in [0, 0.05) is 4.90 Å². The average molecular weight is 294 g/mol. The monoisotopic (exact) mass is 294 g/mol. The molecule has 0 saturated heterocycles. The summed E-state index contributed by atoms with van der Waals surface area (Å²) in [6.07, 6.45) is 0.773. The first-order valence-corrected chi connectivity index (χ1v) is 7.62. The third-order valence-electron chi connectivity index (χ3n) is 3.21. The van der Waals surface area contributed by atoms with E-state index in [0.29, 0.717) is 4.99 Å². The molecule has 1 amide bonds. The second-order valence-corrected chi connectivity index (χ2v) is 6.77. The summed E-state index contributed by atoms with van der Waals surface area (Å²) in [7, 11) is 0. The van der Waals surface area contributed by atoms with Crippen molar-refractivity contribution in [1.29, 1.82) is 0 Å². The van der Waals surface area contributed by atoms with E-state index in [2.05, 4.69) is 17.4 Å². The molecule has 1 heterocycles. The van der Waals surface area contributed by atoms with Crippen LogP contribution in [-0.4, -0.2) is 22.2 Å². The quantitative estimate of drug-likeness (QED) is 0.835. The van der Waals surface area contributed by atoms with Gasteiger partial charge in [-0.2, -0.15) is 0 Å². The van der Waals surface area contributed by atoms with Crippen molar-refractivity contribution in [3.8, 4) is 0 Å². The zero-order valence-electron chi connectivity index (χ0n) is 11.1. The summed E-state index contributed by atoms with van der Waals surface area (Å²) in [4.78, 5) is 13.8. The summed E-state index contributed by atoms with van der Waals surface area (Å²) in [5, 5.41) is 2.89. The lowest BCUT2D eigenvalue weighted by atomic mass is 10.0. The van der Waals surface area contributed by atoms with E-state index in [0.717, 1.165) is 6.42 Å². The number of carbonyl (C=O) groups excluding carboxylic acids is 1. The molecule has 0 bridgehead atoms. The molecule has 0 radical (unpaired) electrons. The Morgan fingerprint density at radius 3 is 2.74 bits per heavy atom. The molecule has 0 aromatic heterocycles. The minimum Gasteiger partial charge on any atom is -0.392 e. The number of nitrogens with one attached hydrogen (secondary N) is 1. The molecule has 2 atom stereocenters. The van der Waals surface area contributed by atoms with Gasteiger partial charge in [-0.3, -0.25) is 4.79 Å². The number of benzene rings is 1. The highest BCUT2D eigenvalue weighted by atomic mass is 32.2. The number of thioether (sulfide) groups is 1. The number of hydrogen-bond acceptors (Lipinski definition) is 3. The maximum atomic E-state index is 12.3. The van der Waals surface area contributed by atoms with Gasteiger partial charge in [0.15, 0.2) is 0 Å². The summed E-state index contributed by atoms with van der Waals surface area (Å²) in [6, 6.07) is 7.90. The van der Waals surface area contributed by atoms with E-state index >= 15 is 0 Å². The molecule has 1 aliphatic heterocycles. The van der Waals surface area contributed by atoms with Crippen LogP contribution in [0.5, 0.6) is 0 Å². The SMILES string of the molecule is CC(C)C(NC(=O)C1Cc2ccccc2S1)C(N)=S. The van der Waals surface area contributed by atoms with Gasteiger partial charge in [0.25, 0.3) is 0 Å². The Labute approximate surface area is 123 Å². The predicted molar refractivity (Wildman–Crippen MR) is 83.3 cm³/mol. The average Bonchev–Trinajstić information content (AvgIpc) is 2.78. The molecular weight excluding hydrogens is 276 g/mol. The molecule has 0 aliphatic carbocycles. The number of rotatable bonds is 4. The lowest BCUT2D eigenvalue weighted by molar-refractivity contribution is -0.121. The van der Waals surface area contributed by atoms with Crippen molar-refractivity contribution in [1.82, 2.24) is 5.32 Å². The Morgan fingerprint density at radius 1 is 1.47 bits per heavy atom. The van der Waals surface area contributed by atoms with E-state index in [1.165, 1.54) is 10.5 Å². The van der Waals surface area contributed by atoms with Gasteiger partial charge in [0.2, 0.25) is 5.91 Å². The maximum Gasteiger partial charge on any atom is 0.234 e. The van der Waals surface area contributed by atoms with Crippen LogP contribution in [0.15, 0.2) is 29.2 Å². The van der Waals surface area contributed by atoms with Crippen molar-refractivity contribution < 1.29 is 4.79 Å². The molecule has 5 heteroatoms. The van der Waals surface area contributed by atoms with E-state index in [9.17, 15) is 4.79 Å². The van der Waals surface area contributed by atoms with Crippen molar-refractivity contribution in [3.05, 3.63) is 29.8 Å². The highest BCUT2D eigenvalue weighted by molar-refractivity contribution is 8.01. The third kappa shape index (κ3) is 3.28. The largest absolute Gasteiger partial charge is 0.392 e. The van der Waals surface area contributed by atoms with Crippen LogP contribution in [0.1, 0.15) is 19.4 Å². The molecule has 1 aromatic rings. The van der Waals surface area contributed by atoms with Crippen LogP contribution in [0.25, 0.3) is 0 Å². The van der Waals surface area contributed by atoms with E-state index in [-0.39, 0.29) is 23.1 Å². The fourth-order valence-electron chi connectivity index (χ4n) is 2.14. The zero-order valence-corrected chi connectivity index (χ0v) is 12.7. The Bertz CT molecular complexity index is 477. The lowest BCUT2D eigenvalue weighted by Crippen LogP contribution is -2.49. The van der Waals surface area contributed by atoms with Crippen molar-refractivity contribution in [2.45, 2.75) is 36.5 Å². The molecule has 1 aromatic carbocycles. The van der Waals surface area contributed by atoms with Crippen LogP contribution in [0.2, 0.25) is 0 Å². The summed E-state index contributed by atoms with van der Waals surface area (Å²) in [6.45, 7) is 4.00. The van der Waals surface area contributed by atoms with E-state index in [1.54, 1.807) is 11.8 Å². The van der Waals surface area contributed by atoms with Gasteiger partial charge in [-0.05, 0) is 24.0 Å². The van der Waals surface area contributed by atoms with Crippen molar-refractivity contribution in [3.63, 3.8) is 0 Å². The summed E-state index contributed by atoms with van der Waals surface area (Å²) in [5.74, 6) is 0.225. The zero-order chi connectivity index (χ0) is 14.0. The van der Waals surface area contributed by atoms with Crippen LogP contribution in [0.4, 0.5) is 0 Å². The molecule has 102 valence electrons. The van der Waals surface area contributed by atoms with Crippen LogP contribution < -0.4 is 11.1 Å². The normalized spacial score (nSPS) is 19.0. The topological polar surface area (TPSA) is 55.1 Å². The van der Waals surface area contributed by atoms with Crippen LogP contribution in [0, 0.1) is 5.92 Å². The number of amides is 1. The number of carbonyl (C=O) groups is 1. The first-order chi connectivity index (χ1) is 8.99. The summed E-state index contributed by atoms with van der Waals surface area (Å²) in [5.41, 5.74) is 6.92. The van der Waals surface area contributed by atoms with Crippen molar-refractivity contribution in [2.24, 2.45) is 11.7 Å². The Hall–Kier alpha value is -1.07. The maximum absolute atomic E-state index is 12.3. The number of fused-ring (bicyclic) bond motifs is 1. The third-order valence-corrected chi connectivity index (χ3v) is 4.78. The van der Waals surface area contributed by atoms with E-state index in [4.69, 9.17) is 18.0 Å². The van der Waals surface area contributed by atoms with Gasteiger partial charge in [-0.1, -0.05) is 44.3 Å². The minimum absolute atomic E-state index is 0.0210. The fourth-order valence-corrected chi connectivity index (χ4v) is 3.68. The van der Waals surface area contributed by atoms with E-state index < -0.39 is 0 Å². The predicted octanol–water partition coefficient (Wildman–Crippen LogP) is 2.13. The molecule has 0 fully saturated rings. The Balaban J connectivity index is 2.01. The summed E-state index contributed by atoms with van der Waals surface area (Å²) >= 11 is 6.63. The van der Waals surface area contributed by atoms with Gasteiger partial charge in [-0.25, -0.2) is 0 Å². The second kappa shape index (κ2) is 5.92. The molecule has 19 heavy (non-hydrogen) atoms. The van der Waals surface area contributed by atoms with Crippen molar-refractivity contribution in [2.75, 3.05) is 0 Å². The van der Waals surface area contributed by atoms with Gasteiger partial charge in [-0.15, -0.1) is 11.8 Å². The number of thiocarbonyl (C=S) groups is 1. The highest BCUT2D eigenvalue weighted by Crippen LogP contribution is 2.36. The van der Waals surface area contributed by atoms with Gasteiger partial charge < -0.3 is 11.1 Å². The van der Waals surface area contributed by atoms with Crippen LogP contribution in [-0.2, 0) is 11.2 Å². The van der Waals surface area contributed by atoms with Crippen molar-refractivity contribution >= 4 is 34.9 Å². The molecule has 0 spiro atoms. The molecule has 3 N–H and O–H groups in total. The molecular formula is C14H18N2OS2. The number of hydrogen-bond donors (Lipinski definition) is 2. The minimum atomic E-state index is -0.230. The molecule has 3 nitrogen and oxygen atoms in total. The Morgan fingerprint density at radius 2 is 2.16 bits per heavy atom. The van der Waals surface area contributed by atoms with Gasteiger partial charge in [0.05, 0.1) is 16.3 Å². The number of nitrogens with two attached hydrogens (primary N) is 1. The lowest BCUT2D eigenvalue weighted by Gasteiger charge is -2.22. The molecule has 1 aliphatic rings. The molecule has 2 rings (SSSR count). The van der Waals surface area contributed by atoms with Crippen LogP contribution >= 0.6 is 24.0 Å². The van der Waals surface area contributed by atoms with Gasteiger partial charge in [0.1, 0.15) is 0 Å². The molecule has 2 unspecified atom stereocenters. The molecule has 0 saturated carbocycles. The first-order valence-electron chi connectivity index (χ1n) is 6.33. The highest BCUT2D eigenvalue weighted by Gasteiger charge is 2.30. The Kier molecular flexibility index (Phi) is 4.47. The second-order valence-electron chi connectivity index (χ2n) is 5.05. The smallest absolute Gasteiger partial charge is 0.234 e. The van der Waals surface area contributed by atoms with Crippen LogP contribution in [0.3, 0.4) is 0 Å². The van der Waals surface area contributed by atoms with E-state index in [1.807, 2.05) is 26.0 Å². The summed E-state index contributed by atoms with van der Waals surface area (Å²) < 4.78 is 0. The first kappa shape index (κ1) is 14.3. The standard InChI is InChI=1S/C14H18N2OS2/c1-8(2)12(13(15)18)16-14(17)11-7-9-5-3-4-6-10(9)19-11/h3-6,8,11-12H,7H2,1-2H3,(H2,15,18)(H,16,17). The fraction of sp³-hybridized carbons (Fsp3) is 0.429. The van der Waals surface area contributed by atoms with Gasteiger partial charge >= 0.3 is 0 Å².